The Morgan fingerprint density at radius 1 is 1.22 bits per heavy atom. The van der Waals surface area contributed by atoms with E-state index in [-0.39, 0.29) is 17.9 Å². The Kier molecular flexibility index (Phi) is 7.38. The third-order valence-corrected chi connectivity index (χ3v) is 7.51. The van der Waals surface area contributed by atoms with Gasteiger partial charge in [-0.05, 0) is 73.8 Å². The van der Waals surface area contributed by atoms with Crippen LogP contribution in [0.3, 0.4) is 0 Å². The highest BCUT2D eigenvalue weighted by atomic mass is 32.1. The smallest absolute Gasteiger partial charge is 0.318 e. The summed E-state index contributed by atoms with van der Waals surface area (Å²) in [5, 5.41) is 15.9. The molecule has 0 unspecified atom stereocenters. The van der Waals surface area contributed by atoms with Gasteiger partial charge in [0, 0.05) is 42.7 Å². The number of aromatic nitrogens is 1. The molecule has 2 aromatic heterocycles. The summed E-state index contributed by atoms with van der Waals surface area (Å²) in [4.78, 5) is 32.0. The lowest BCUT2D eigenvalue weighted by molar-refractivity contribution is -0.116. The molecule has 1 saturated carbocycles. The Hall–Kier alpha value is -2.92. The largest absolute Gasteiger partial charge is 0.334 e. The van der Waals surface area contributed by atoms with E-state index in [1.165, 1.54) is 5.56 Å². The molecule has 2 aliphatic rings. The number of hydrogen-bond acceptors (Lipinski definition) is 5. The SMILES string of the molecule is N#CC1CCC(CCC(=O)Nc2cc3c(s2)CN(C(=O)NCc2ccncc2)CC3)CC1. The van der Waals surface area contributed by atoms with Gasteiger partial charge >= 0.3 is 6.03 Å². The van der Waals surface area contributed by atoms with Crippen LogP contribution in [0.4, 0.5) is 9.80 Å². The first-order chi connectivity index (χ1) is 15.6. The second-order valence-corrected chi connectivity index (χ2v) is 9.82. The minimum absolute atomic E-state index is 0.0537. The number of nitriles is 1. The molecule has 1 aliphatic heterocycles. The lowest BCUT2D eigenvalue weighted by Crippen LogP contribution is -2.42. The maximum atomic E-state index is 12.6. The van der Waals surface area contributed by atoms with E-state index in [0.717, 1.165) is 54.0 Å². The van der Waals surface area contributed by atoms with E-state index in [0.29, 0.717) is 32.0 Å². The summed E-state index contributed by atoms with van der Waals surface area (Å²) in [6.45, 7) is 1.72. The molecule has 3 amide bonds. The molecule has 168 valence electrons. The molecule has 0 radical (unpaired) electrons. The summed E-state index contributed by atoms with van der Waals surface area (Å²) in [5.74, 6) is 0.814. The maximum Gasteiger partial charge on any atom is 0.318 e. The van der Waals surface area contributed by atoms with Crippen molar-refractivity contribution in [2.45, 2.75) is 58.0 Å². The molecule has 0 spiro atoms. The number of rotatable bonds is 6. The summed E-state index contributed by atoms with van der Waals surface area (Å²) in [6, 6.07) is 8.13. The van der Waals surface area contributed by atoms with Crippen molar-refractivity contribution in [2.75, 3.05) is 11.9 Å². The fourth-order valence-electron chi connectivity index (χ4n) is 4.46. The average molecular weight is 452 g/mol. The van der Waals surface area contributed by atoms with Gasteiger partial charge in [-0.1, -0.05) is 0 Å². The van der Waals surface area contributed by atoms with Crippen LogP contribution in [-0.4, -0.2) is 28.4 Å². The molecule has 4 rings (SSSR count). The number of nitrogens with one attached hydrogen (secondary N) is 2. The number of carbonyl (C=O) groups is 2. The third-order valence-electron chi connectivity index (χ3n) is 6.43. The number of anilines is 1. The van der Waals surface area contributed by atoms with Crippen LogP contribution in [-0.2, 0) is 24.3 Å². The average Bonchev–Trinajstić information content (AvgIpc) is 3.23. The lowest BCUT2D eigenvalue weighted by atomic mass is 9.80. The van der Waals surface area contributed by atoms with Crippen LogP contribution in [0, 0.1) is 23.2 Å². The number of nitrogens with zero attached hydrogens (tertiary/aromatic N) is 3. The predicted molar refractivity (Wildman–Crippen MR) is 124 cm³/mol. The highest BCUT2D eigenvalue weighted by molar-refractivity contribution is 7.16. The fraction of sp³-hybridized carbons (Fsp3) is 0.500. The van der Waals surface area contributed by atoms with Gasteiger partial charge in [0.15, 0.2) is 0 Å². The zero-order valence-electron chi connectivity index (χ0n) is 18.2. The monoisotopic (exact) mass is 451 g/mol. The Bertz CT molecular complexity index is 976. The van der Waals surface area contributed by atoms with Crippen molar-refractivity contribution in [3.8, 4) is 6.07 Å². The highest BCUT2D eigenvalue weighted by Gasteiger charge is 2.24. The molecule has 0 atom stereocenters. The van der Waals surface area contributed by atoms with Crippen molar-refractivity contribution < 1.29 is 9.59 Å². The molecule has 0 aromatic carbocycles. The van der Waals surface area contributed by atoms with Crippen molar-refractivity contribution in [3.63, 3.8) is 0 Å². The second-order valence-electron chi connectivity index (χ2n) is 8.68. The van der Waals surface area contributed by atoms with Crippen molar-refractivity contribution in [1.29, 1.82) is 5.26 Å². The van der Waals surface area contributed by atoms with Gasteiger partial charge in [0.25, 0.3) is 0 Å². The van der Waals surface area contributed by atoms with Gasteiger partial charge in [0.2, 0.25) is 5.91 Å². The molecule has 2 N–H and O–H groups in total. The zero-order valence-corrected chi connectivity index (χ0v) is 19.0. The van der Waals surface area contributed by atoms with E-state index in [4.69, 9.17) is 5.26 Å². The first-order valence-corrected chi connectivity index (χ1v) is 12.1. The summed E-state index contributed by atoms with van der Waals surface area (Å²) < 4.78 is 0. The topological polar surface area (TPSA) is 98.1 Å². The van der Waals surface area contributed by atoms with E-state index in [1.54, 1.807) is 23.7 Å². The Labute approximate surface area is 192 Å². The van der Waals surface area contributed by atoms with Crippen LogP contribution < -0.4 is 10.6 Å². The predicted octanol–water partition coefficient (Wildman–Crippen LogP) is 4.46. The normalized spacial score (nSPS) is 20.2. The van der Waals surface area contributed by atoms with E-state index >= 15 is 0 Å². The van der Waals surface area contributed by atoms with Crippen molar-refractivity contribution in [1.82, 2.24) is 15.2 Å². The number of pyridine rings is 1. The molecular formula is C24H29N5O2S. The lowest BCUT2D eigenvalue weighted by Gasteiger charge is -2.27. The number of fused-ring (bicyclic) bond motifs is 1. The van der Waals surface area contributed by atoms with Crippen molar-refractivity contribution in [2.24, 2.45) is 11.8 Å². The molecule has 1 fully saturated rings. The quantitative estimate of drug-likeness (QED) is 0.677. The molecule has 1 aliphatic carbocycles. The van der Waals surface area contributed by atoms with Crippen LogP contribution in [0.15, 0.2) is 30.6 Å². The van der Waals surface area contributed by atoms with Gasteiger partial charge in [-0.3, -0.25) is 9.78 Å². The van der Waals surface area contributed by atoms with Gasteiger partial charge in [-0.25, -0.2) is 4.79 Å². The number of amides is 3. The third kappa shape index (κ3) is 5.86. The molecule has 32 heavy (non-hydrogen) atoms. The Balaban J connectivity index is 1.23. The Morgan fingerprint density at radius 3 is 2.75 bits per heavy atom. The molecule has 8 heteroatoms. The second kappa shape index (κ2) is 10.6. The molecule has 7 nitrogen and oxygen atoms in total. The molecule has 0 saturated heterocycles. The summed E-state index contributed by atoms with van der Waals surface area (Å²) in [5.41, 5.74) is 2.24. The number of hydrogen-bond donors (Lipinski definition) is 2. The first-order valence-electron chi connectivity index (χ1n) is 11.3. The van der Waals surface area contributed by atoms with Crippen LogP contribution in [0.25, 0.3) is 0 Å². The Morgan fingerprint density at radius 2 is 2.00 bits per heavy atom. The standard InChI is InChI=1S/C24H29N5O2S/c25-14-18-3-1-17(2-4-18)5-6-22(30)28-23-13-20-9-12-29(16-21(20)32-23)24(31)27-15-19-7-10-26-11-8-19/h7-8,10-11,13,17-18H,1-6,9,12,15-16H2,(H,27,31)(H,28,30). The molecule has 3 heterocycles. The minimum atomic E-state index is -0.0717. The minimum Gasteiger partial charge on any atom is -0.334 e. The fourth-order valence-corrected chi connectivity index (χ4v) is 5.60. The van der Waals surface area contributed by atoms with Crippen LogP contribution in [0.1, 0.15) is 54.5 Å². The maximum absolute atomic E-state index is 12.6. The van der Waals surface area contributed by atoms with Crippen molar-refractivity contribution >= 4 is 28.3 Å². The molecule has 2 aromatic rings. The van der Waals surface area contributed by atoms with Crippen LogP contribution >= 0.6 is 11.3 Å². The van der Waals surface area contributed by atoms with E-state index < -0.39 is 0 Å². The van der Waals surface area contributed by atoms with Crippen LogP contribution in [0.2, 0.25) is 0 Å². The number of urea groups is 1. The number of carbonyl (C=O) groups excluding carboxylic acids is 2. The first kappa shape index (κ1) is 22.3. The molecule has 0 bridgehead atoms. The van der Waals surface area contributed by atoms with E-state index in [2.05, 4.69) is 27.8 Å². The number of thiophene rings is 1. The van der Waals surface area contributed by atoms with Gasteiger partial charge < -0.3 is 15.5 Å². The van der Waals surface area contributed by atoms with Gasteiger partial charge in [0.05, 0.1) is 17.6 Å². The molecular weight excluding hydrogens is 422 g/mol. The van der Waals surface area contributed by atoms with E-state index in [9.17, 15) is 9.59 Å². The van der Waals surface area contributed by atoms with Gasteiger partial charge in [-0.2, -0.15) is 5.26 Å². The van der Waals surface area contributed by atoms with Gasteiger partial charge in [-0.15, -0.1) is 11.3 Å². The summed E-state index contributed by atoms with van der Waals surface area (Å²) in [6.07, 6.45) is 9.68. The summed E-state index contributed by atoms with van der Waals surface area (Å²) in [7, 11) is 0. The summed E-state index contributed by atoms with van der Waals surface area (Å²) >= 11 is 1.57. The zero-order chi connectivity index (χ0) is 22.3. The van der Waals surface area contributed by atoms with Gasteiger partial charge in [0.1, 0.15) is 0 Å². The van der Waals surface area contributed by atoms with Crippen molar-refractivity contribution in [3.05, 3.63) is 46.6 Å². The van der Waals surface area contributed by atoms with Crippen LogP contribution in [0.5, 0.6) is 0 Å². The van der Waals surface area contributed by atoms with E-state index in [1.807, 2.05) is 17.0 Å². The highest BCUT2D eigenvalue weighted by Crippen LogP contribution is 2.33.